The molecule has 2 aliphatic heterocycles. The van der Waals surface area contributed by atoms with Gasteiger partial charge in [-0.25, -0.2) is 4.68 Å². The van der Waals surface area contributed by atoms with Crippen LogP contribution in [0.4, 0.5) is 19.0 Å². The standard InChI is InChI=1S/C18H17Cl2F3N4OS/c19-11-3-1-10(2-4-11)12-9-13(18(21,22)23)27-16(24-12)14(20)15(25-27)17(28)26-5-7-29-8-6-26/h1-4,12-13,24H,5-9H2. The number of hydrogen-bond donors (Lipinski definition) is 1. The summed E-state index contributed by atoms with van der Waals surface area (Å²) >= 11 is 14.0. The predicted molar refractivity (Wildman–Crippen MR) is 108 cm³/mol. The number of carbonyl (C=O) groups is 1. The van der Waals surface area contributed by atoms with Crippen LogP contribution in [0.25, 0.3) is 0 Å². The first-order valence-electron chi connectivity index (χ1n) is 8.99. The number of nitrogens with zero attached hydrogens (tertiary/aromatic N) is 3. The number of hydrogen-bond acceptors (Lipinski definition) is 4. The number of carbonyl (C=O) groups excluding carboxylic acids is 1. The molecule has 2 unspecified atom stereocenters. The fourth-order valence-corrected chi connectivity index (χ4v) is 4.84. The van der Waals surface area contributed by atoms with E-state index in [-0.39, 0.29) is 23.0 Å². The molecule has 2 atom stereocenters. The quantitative estimate of drug-likeness (QED) is 0.676. The van der Waals surface area contributed by atoms with Gasteiger partial charge in [-0.05, 0) is 17.7 Å². The molecule has 5 nitrogen and oxygen atoms in total. The molecule has 0 spiro atoms. The van der Waals surface area contributed by atoms with Crippen LogP contribution in [-0.2, 0) is 0 Å². The number of nitrogens with one attached hydrogen (secondary N) is 1. The van der Waals surface area contributed by atoms with Crippen LogP contribution >= 0.6 is 35.0 Å². The summed E-state index contributed by atoms with van der Waals surface area (Å²) in [6.45, 7) is 1.04. The van der Waals surface area contributed by atoms with Gasteiger partial charge in [0.1, 0.15) is 10.8 Å². The Morgan fingerprint density at radius 1 is 1.17 bits per heavy atom. The molecule has 1 fully saturated rings. The molecule has 3 heterocycles. The lowest BCUT2D eigenvalue weighted by Gasteiger charge is -2.33. The van der Waals surface area contributed by atoms with Crippen LogP contribution in [0.5, 0.6) is 0 Å². The number of thioether (sulfide) groups is 1. The number of rotatable bonds is 2. The maximum atomic E-state index is 13.8. The first-order chi connectivity index (χ1) is 13.8. The number of aromatic nitrogens is 2. The van der Waals surface area contributed by atoms with Crippen molar-refractivity contribution in [2.75, 3.05) is 29.9 Å². The van der Waals surface area contributed by atoms with E-state index in [9.17, 15) is 18.0 Å². The molecule has 1 saturated heterocycles. The fraction of sp³-hybridized carbons (Fsp3) is 0.444. The maximum absolute atomic E-state index is 13.8. The van der Waals surface area contributed by atoms with Crippen LogP contribution in [0, 0.1) is 0 Å². The maximum Gasteiger partial charge on any atom is 0.410 e. The van der Waals surface area contributed by atoms with Gasteiger partial charge in [-0.3, -0.25) is 4.79 Å². The summed E-state index contributed by atoms with van der Waals surface area (Å²) in [6.07, 6.45) is -4.82. The van der Waals surface area contributed by atoms with Gasteiger partial charge in [0.25, 0.3) is 5.91 Å². The van der Waals surface area contributed by atoms with Crippen LogP contribution in [-0.4, -0.2) is 51.4 Å². The molecule has 0 bridgehead atoms. The molecule has 1 amide bonds. The number of amides is 1. The Hall–Kier alpha value is -1.58. The van der Waals surface area contributed by atoms with E-state index in [1.807, 2.05) is 0 Å². The van der Waals surface area contributed by atoms with E-state index >= 15 is 0 Å². The van der Waals surface area contributed by atoms with Gasteiger partial charge in [0.15, 0.2) is 11.7 Å². The molecule has 2 aromatic rings. The van der Waals surface area contributed by atoms with Crippen molar-refractivity contribution in [3.05, 3.63) is 45.6 Å². The number of benzene rings is 1. The first-order valence-corrected chi connectivity index (χ1v) is 10.9. The van der Waals surface area contributed by atoms with Crippen molar-refractivity contribution in [3.63, 3.8) is 0 Å². The normalized spacial score (nSPS) is 22.2. The van der Waals surface area contributed by atoms with E-state index in [2.05, 4.69) is 10.4 Å². The third-order valence-corrected chi connectivity index (χ3v) is 6.62. The van der Waals surface area contributed by atoms with Gasteiger partial charge in [-0.2, -0.15) is 30.0 Å². The summed E-state index contributed by atoms with van der Waals surface area (Å²) < 4.78 is 42.3. The van der Waals surface area contributed by atoms with E-state index < -0.39 is 24.2 Å². The lowest BCUT2D eigenvalue weighted by Crippen LogP contribution is -2.38. The van der Waals surface area contributed by atoms with Gasteiger partial charge in [0, 0.05) is 36.0 Å². The Balaban J connectivity index is 1.71. The molecule has 0 saturated carbocycles. The number of halogens is 5. The highest BCUT2D eigenvalue weighted by Gasteiger charge is 2.48. The molecular weight excluding hydrogens is 448 g/mol. The molecule has 156 valence electrons. The topological polar surface area (TPSA) is 50.2 Å². The van der Waals surface area contributed by atoms with E-state index in [1.54, 1.807) is 40.9 Å². The summed E-state index contributed by atoms with van der Waals surface area (Å²) in [7, 11) is 0. The van der Waals surface area contributed by atoms with E-state index in [0.29, 0.717) is 23.7 Å². The van der Waals surface area contributed by atoms with E-state index in [0.717, 1.165) is 16.2 Å². The number of alkyl halides is 3. The smallest absolute Gasteiger partial charge is 0.362 e. The molecule has 2 aliphatic rings. The molecule has 1 N–H and O–H groups in total. The van der Waals surface area contributed by atoms with Gasteiger partial charge in [-0.1, -0.05) is 35.3 Å². The molecule has 1 aromatic carbocycles. The minimum Gasteiger partial charge on any atom is -0.362 e. The zero-order chi connectivity index (χ0) is 20.8. The Morgan fingerprint density at radius 2 is 1.83 bits per heavy atom. The first kappa shape index (κ1) is 20.7. The molecule has 0 radical (unpaired) electrons. The third kappa shape index (κ3) is 4.04. The van der Waals surface area contributed by atoms with Crippen LogP contribution in [0.15, 0.2) is 24.3 Å². The van der Waals surface area contributed by atoms with Crippen molar-refractivity contribution < 1.29 is 18.0 Å². The summed E-state index contributed by atoms with van der Waals surface area (Å²) in [5.41, 5.74) is 0.500. The monoisotopic (exact) mass is 464 g/mol. The average molecular weight is 465 g/mol. The van der Waals surface area contributed by atoms with Crippen LogP contribution in [0.2, 0.25) is 10.0 Å². The second kappa shape index (κ2) is 7.92. The lowest BCUT2D eigenvalue weighted by molar-refractivity contribution is -0.173. The van der Waals surface area contributed by atoms with Crippen LogP contribution in [0.1, 0.15) is 34.6 Å². The molecule has 29 heavy (non-hydrogen) atoms. The summed E-state index contributed by atoms with van der Waals surface area (Å²) in [5, 5.41) is 7.44. The van der Waals surface area contributed by atoms with Gasteiger partial charge in [0.2, 0.25) is 0 Å². The van der Waals surface area contributed by atoms with Gasteiger partial charge in [0.05, 0.1) is 6.04 Å². The molecule has 0 aliphatic carbocycles. The molecule has 1 aromatic heterocycles. The molecule has 4 rings (SSSR count). The largest absolute Gasteiger partial charge is 0.410 e. The summed E-state index contributed by atoms with van der Waals surface area (Å²) in [4.78, 5) is 14.4. The van der Waals surface area contributed by atoms with Crippen molar-refractivity contribution in [1.29, 1.82) is 0 Å². The molecular formula is C18H17Cl2F3N4OS. The SMILES string of the molecule is O=C(c1nn2c(c1Cl)NC(c1ccc(Cl)cc1)CC2C(F)(F)F)N1CCSCC1. The minimum atomic E-state index is -4.54. The van der Waals surface area contributed by atoms with Crippen molar-refractivity contribution in [3.8, 4) is 0 Å². The highest BCUT2D eigenvalue weighted by Crippen LogP contribution is 2.46. The number of anilines is 1. The van der Waals surface area contributed by atoms with Crippen LogP contribution < -0.4 is 5.32 Å². The van der Waals surface area contributed by atoms with Crippen LogP contribution in [0.3, 0.4) is 0 Å². The highest BCUT2D eigenvalue weighted by atomic mass is 35.5. The lowest BCUT2D eigenvalue weighted by atomic mass is 9.97. The third-order valence-electron chi connectivity index (χ3n) is 5.07. The van der Waals surface area contributed by atoms with E-state index in [4.69, 9.17) is 23.2 Å². The Morgan fingerprint density at radius 3 is 2.45 bits per heavy atom. The van der Waals surface area contributed by atoms with Gasteiger partial charge < -0.3 is 10.2 Å². The number of fused-ring (bicyclic) bond motifs is 1. The van der Waals surface area contributed by atoms with Crippen molar-refractivity contribution in [2.24, 2.45) is 0 Å². The second-order valence-electron chi connectivity index (χ2n) is 6.90. The van der Waals surface area contributed by atoms with E-state index in [1.165, 1.54) is 0 Å². The van der Waals surface area contributed by atoms with Gasteiger partial charge >= 0.3 is 6.18 Å². The van der Waals surface area contributed by atoms with Crippen molar-refractivity contribution >= 4 is 46.7 Å². The van der Waals surface area contributed by atoms with Gasteiger partial charge in [-0.15, -0.1) is 0 Å². The predicted octanol–water partition coefficient (Wildman–Crippen LogP) is 5.04. The Kier molecular flexibility index (Phi) is 5.65. The highest BCUT2D eigenvalue weighted by molar-refractivity contribution is 7.99. The summed E-state index contributed by atoms with van der Waals surface area (Å²) in [6, 6.07) is 4.05. The average Bonchev–Trinajstić information content (AvgIpc) is 3.04. The summed E-state index contributed by atoms with van der Waals surface area (Å²) in [5.74, 6) is 1.12. The Bertz CT molecular complexity index is 913. The zero-order valence-corrected chi connectivity index (χ0v) is 17.4. The Labute approximate surface area is 179 Å². The zero-order valence-electron chi connectivity index (χ0n) is 15.0. The second-order valence-corrected chi connectivity index (χ2v) is 8.94. The molecule has 11 heteroatoms. The van der Waals surface area contributed by atoms with Crippen molar-refractivity contribution in [2.45, 2.75) is 24.7 Å². The minimum absolute atomic E-state index is 0.00919. The van der Waals surface area contributed by atoms with Crippen molar-refractivity contribution in [1.82, 2.24) is 14.7 Å². The fourth-order valence-electron chi connectivity index (χ4n) is 3.56.